The summed E-state index contributed by atoms with van der Waals surface area (Å²) < 4.78 is 31.1. The lowest BCUT2D eigenvalue weighted by Gasteiger charge is -2.49. The molecule has 0 radical (unpaired) electrons. The summed E-state index contributed by atoms with van der Waals surface area (Å²) in [5.41, 5.74) is 2.26. The number of esters is 1. The fourth-order valence-electron chi connectivity index (χ4n) is 4.51. The maximum atomic E-state index is 13.7. The normalized spacial score (nSPS) is 18.4. The first-order valence-corrected chi connectivity index (χ1v) is 16.2. The van der Waals surface area contributed by atoms with Crippen LogP contribution in [0.5, 0.6) is 0 Å². The Hall–Kier alpha value is -3.94. The molecule has 1 saturated heterocycles. The van der Waals surface area contributed by atoms with E-state index in [-0.39, 0.29) is 17.2 Å². The summed E-state index contributed by atoms with van der Waals surface area (Å²) in [4.78, 5) is 45.6. The van der Waals surface area contributed by atoms with Gasteiger partial charge in [0.2, 0.25) is 15.9 Å². The van der Waals surface area contributed by atoms with Crippen molar-refractivity contribution in [2.75, 3.05) is 16.7 Å². The van der Waals surface area contributed by atoms with Crippen molar-refractivity contribution in [3.05, 3.63) is 107 Å². The van der Waals surface area contributed by atoms with Crippen LogP contribution in [0.3, 0.4) is 0 Å². The van der Waals surface area contributed by atoms with E-state index in [0.717, 1.165) is 28.7 Å². The molecule has 13 heteroatoms. The van der Waals surface area contributed by atoms with Crippen molar-refractivity contribution in [2.45, 2.75) is 23.9 Å². The zero-order valence-electron chi connectivity index (χ0n) is 21.9. The second-order valence-electron chi connectivity index (χ2n) is 9.32. The Labute approximate surface area is 245 Å². The van der Waals surface area contributed by atoms with E-state index in [1.54, 1.807) is 6.08 Å². The number of ether oxygens (including phenoxy) is 1. The highest BCUT2D eigenvalue weighted by atomic mass is 32.2. The highest BCUT2D eigenvalue weighted by Gasteiger charge is 2.54. The number of rotatable bonds is 10. The van der Waals surface area contributed by atoms with Crippen LogP contribution in [0.2, 0.25) is 0 Å². The Morgan fingerprint density at radius 2 is 1.78 bits per heavy atom. The number of allylic oxidation sites excluding steroid dienone is 1. The molecule has 2 atom stereocenters. The molecule has 0 saturated carbocycles. The number of hydrogen-bond acceptors (Lipinski definition) is 9. The van der Waals surface area contributed by atoms with E-state index in [4.69, 9.17) is 4.74 Å². The zero-order chi connectivity index (χ0) is 29.1. The van der Waals surface area contributed by atoms with Gasteiger partial charge in [0.25, 0.3) is 5.91 Å². The summed E-state index contributed by atoms with van der Waals surface area (Å²) in [6.07, 6.45) is 3.19. The SMILES string of the molecule is C=CC1=C(C(=O)OC(c2ccccc2)c2ccccc2)N2C(=O)C(NC(=O)Cc3cnc(NS(C)(=O)=O)s3)[C@H]2SC1. The molecule has 10 nitrogen and oxygen atoms in total. The Kier molecular flexibility index (Phi) is 8.29. The molecule has 3 heterocycles. The van der Waals surface area contributed by atoms with Gasteiger partial charge in [0.1, 0.15) is 17.1 Å². The molecule has 1 fully saturated rings. The van der Waals surface area contributed by atoms with Crippen LogP contribution in [0.1, 0.15) is 22.1 Å². The quantitative estimate of drug-likeness (QED) is 0.264. The molecular weight excluding hydrogens is 585 g/mol. The molecule has 0 bridgehead atoms. The minimum atomic E-state index is -3.49. The van der Waals surface area contributed by atoms with Gasteiger partial charge in [0.05, 0.1) is 12.7 Å². The molecule has 0 spiro atoms. The predicted molar refractivity (Wildman–Crippen MR) is 157 cm³/mol. The van der Waals surface area contributed by atoms with Crippen molar-refractivity contribution in [3.8, 4) is 0 Å². The van der Waals surface area contributed by atoms with Gasteiger partial charge < -0.3 is 10.1 Å². The lowest BCUT2D eigenvalue weighted by atomic mass is 10.0. The molecule has 0 aliphatic carbocycles. The van der Waals surface area contributed by atoms with Crippen LogP contribution < -0.4 is 10.0 Å². The lowest BCUT2D eigenvalue weighted by molar-refractivity contribution is -0.154. The third kappa shape index (κ3) is 6.37. The summed E-state index contributed by atoms with van der Waals surface area (Å²) >= 11 is 2.45. The minimum absolute atomic E-state index is 0.0806. The number of carbonyl (C=O) groups is 3. The van der Waals surface area contributed by atoms with Crippen molar-refractivity contribution in [2.24, 2.45) is 0 Å². The summed E-state index contributed by atoms with van der Waals surface area (Å²) in [5.74, 6) is -1.10. The van der Waals surface area contributed by atoms with Crippen LogP contribution >= 0.6 is 23.1 Å². The van der Waals surface area contributed by atoms with Crippen LogP contribution in [-0.2, 0) is 35.6 Å². The number of amides is 2. The van der Waals surface area contributed by atoms with Gasteiger partial charge in [-0.1, -0.05) is 73.3 Å². The number of sulfonamides is 1. The molecule has 212 valence electrons. The Balaban J connectivity index is 1.30. The van der Waals surface area contributed by atoms with Crippen molar-refractivity contribution in [3.63, 3.8) is 0 Å². The summed E-state index contributed by atoms with van der Waals surface area (Å²) in [5, 5.41) is 2.40. The third-order valence-corrected chi connectivity index (χ3v) is 9.25. The highest BCUT2D eigenvalue weighted by molar-refractivity contribution is 8.00. The van der Waals surface area contributed by atoms with E-state index >= 15 is 0 Å². The summed E-state index contributed by atoms with van der Waals surface area (Å²) in [6.45, 7) is 3.83. The second-order valence-corrected chi connectivity index (χ2v) is 13.3. The van der Waals surface area contributed by atoms with Gasteiger partial charge in [-0.05, 0) is 16.7 Å². The first-order chi connectivity index (χ1) is 19.6. The van der Waals surface area contributed by atoms with Crippen molar-refractivity contribution in [1.82, 2.24) is 15.2 Å². The Morgan fingerprint density at radius 1 is 1.15 bits per heavy atom. The Morgan fingerprint density at radius 3 is 2.37 bits per heavy atom. The molecule has 2 aromatic carbocycles. The molecule has 3 aromatic rings. The van der Waals surface area contributed by atoms with Gasteiger partial charge in [-0.25, -0.2) is 18.2 Å². The van der Waals surface area contributed by atoms with E-state index in [2.05, 4.69) is 21.6 Å². The van der Waals surface area contributed by atoms with E-state index in [9.17, 15) is 22.8 Å². The number of fused-ring (bicyclic) bond motifs is 1. The number of anilines is 1. The van der Waals surface area contributed by atoms with E-state index in [1.807, 2.05) is 60.7 Å². The van der Waals surface area contributed by atoms with Gasteiger partial charge in [-0.2, -0.15) is 0 Å². The minimum Gasteiger partial charge on any atom is -0.448 e. The smallest absolute Gasteiger partial charge is 0.356 e. The number of aromatic nitrogens is 1. The molecule has 1 aromatic heterocycles. The molecule has 5 rings (SSSR count). The number of carbonyl (C=O) groups excluding carboxylic acids is 3. The molecule has 2 N–H and O–H groups in total. The van der Waals surface area contributed by atoms with Crippen LogP contribution in [0.4, 0.5) is 5.13 Å². The van der Waals surface area contributed by atoms with Crippen LogP contribution in [0, 0.1) is 0 Å². The zero-order valence-corrected chi connectivity index (χ0v) is 24.3. The fraction of sp³-hybridized carbons (Fsp3) is 0.214. The number of β-lactam (4-membered cyclic amide) rings is 1. The van der Waals surface area contributed by atoms with Crippen LogP contribution in [0.25, 0.3) is 0 Å². The number of thioether (sulfide) groups is 1. The van der Waals surface area contributed by atoms with Crippen LogP contribution in [0.15, 0.2) is 90.8 Å². The molecule has 2 aliphatic heterocycles. The number of hydrogen-bond donors (Lipinski definition) is 2. The predicted octanol–water partition coefficient (Wildman–Crippen LogP) is 3.23. The lowest BCUT2D eigenvalue weighted by Crippen LogP contribution is -2.70. The largest absolute Gasteiger partial charge is 0.448 e. The molecule has 2 aliphatic rings. The summed E-state index contributed by atoms with van der Waals surface area (Å²) in [7, 11) is -3.49. The fourth-order valence-corrected chi connectivity index (χ4v) is 7.51. The molecule has 41 heavy (non-hydrogen) atoms. The van der Waals surface area contributed by atoms with Gasteiger partial charge >= 0.3 is 5.97 Å². The van der Waals surface area contributed by atoms with Crippen LogP contribution in [-0.4, -0.2) is 59.5 Å². The number of thiazole rings is 1. The Bertz CT molecular complexity index is 1580. The maximum Gasteiger partial charge on any atom is 0.356 e. The molecular formula is C28H26N4O6S3. The first kappa shape index (κ1) is 28.6. The highest BCUT2D eigenvalue weighted by Crippen LogP contribution is 2.42. The first-order valence-electron chi connectivity index (χ1n) is 12.5. The monoisotopic (exact) mass is 610 g/mol. The maximum absolute atomic E-state index is 13.7. The standard InChI is InChI=1S/C28H26N4O6S3/c1-3-17-16-39-26-22(30-21(33)14-20-15-29-28(40-20)31-41(2,36)37)25(34)32(26)23(17)27(35)38-24(18-10-6-4-7-11-18)19-12-8-5-9-13-19/h3-13,15,22,24,26H,1,14,16H2,2H3,(H,29,31)(H,30,33)/t22?,26-/m1/s1. The van der Waals surface area contributed by atoms with E-state index in [0.29, 0.717) is 16.2 Å². The van der Waals surface area contributed by atoms with Crippen molar-refractivity contribution in [1.29, 1.82) is 0 Å². The average Bonchev–Trinajstić information content (AvgIpc) is 3.39. The van der Waals surface area contributed by atoms with E-state index in [1.165, 1.54) is 22.9 Å². The topological polar surface area (TPSA) is 135 Å². The number of benzene rings is 2. The van der Waals surface area contributed by atoms with Gasteiger partial charge in [-0.3, -0.25) is 19.2 Å². The third-order valence-electron chi connectivity index (χ3n) is 6.34. The molecule has 2 amide bonds. The number of nitrogens with zero attached hydrogens (tertiary/aromatic N) is 2. The van der Waals surface area contributed by atoms with Crippen molar-refractivity contribution < 1.29 is 27.5 Å². The van der Waals surface area contributed by atoms with Gasteiger partial charge in [0.15, 0.2) is 11.2 Å². The second kappa shape index (κ2) is 11.9. The number of nitrogens with one attached hydrogen (secondary N) is 2. The summed E-state index contributed by atoms with van der Waals surface area (Å²) in [6, 6.07) is 17.9. The molecule has 1 unspecified atom stereocenters. The van der Waals surface area contributed by atoms with Gasteiger partial charge in [0, 0.05) is 16.8 Å². The van der Waals surface area contributed by atoms with Crippen molar-refractivity contribution >= 4 is 56.0 Å². The van der Waals surface area contributed by atoms with Gasteiger partial charge in [-0.15, -0.1) is 23.1 Å². The average molecular weight is 611 g/mol. The van der Waals surface area contributed by atoms with E-state index < -0.39 is 45.3 Å².